The van der Waals surface area contributed by atoms with Crippen molar-refractivity contribution in [2.45, 2.75) is 19.9 Å². The van der Waals surface area contributed by atoms with Crippen molar-refractivity contribution in [2.24, 2.45) is 5.84 Å². The van der Waals surface area contributed by atoms with Crippen LogP contribution in [-0.4, -0.2) is 29.1 Å². The van der Waals surface area contributed by atoms with Gasteiger partial charge in [0, 0.05) is 38.6 Å². The van der Waals surface area contributed by atoms with Crippen molar-refractivity contribution in [3.05, 3.63) is 62.2 Å². The van der Waals surface area contributed by atoms with Crippen molar-refractivity contribution in [3.63, 3.8) is 0 Å². The molecule has 2 aromatic carbocycles. The highest BCUT2D eigenvalue weighted by molar-refractivity contribution is 9.11. The molecule has 1 aliphatic rings. The molecule has 0 aliphatic carbocycles. The summed E-state index contributed by atoms with van der Waals surface area (Å²) in [6.07, 6.45) is 0.402. The Balaban J connectivity index is 0.000000216. The van der Waals surface area contributed by atoms with E-state index in [0.29, 0.717) is 34.3 Å². The van der Waals surface area contributed by atoms with Gasteiger partial charge in [-0.3, -0.25) is 5.84 Å². The first-order valence-electron chi connectivity index (χ1n) is 9.15. The molecular formula is C20H20Br2F2N4O2. The second-order valence-corrected chi connectivity index (χ2v) is 8.24. The van der Waals surface area contributed by atoms with Crippen LogP contribution in [0.5, 0.6) is 0 Å². The van der Waals surface area contributed by atoms with Gasteiger partial charge in [-0.1, -0.05) is 0 Å². The topological polar surface area (TPSA) is 83.4 Å². The van der Waals surface area contributed by atoms with E-state index >= 15 is 0 Å². The van der Waals surface area contributed by atoms with Crippen molar-refractivity contribution in [2.75, 3.05) is 18.6 Å². The molecule has 4 N–H and O–H groups in total. The van der Waals surface area contributed by atoms with E-state index in [-0.39, 0.29) is 17.7 Å². The van der Waals surface area contributed by atoms with Gasteiger partial charge in [0.05, 0.1) is 24.4 Å². The zero-order valence-corrected chi connectivity index (χ0v) is 19.2. The van der Waals surface area contributed by atoms with Gasteiger partial charge in [-0.05, 0) is 69.1 Å². The Morgan fingerprint density at radius 2 is 1.97 bits per heavy atom. The van der Waals surface area contributed by atoms with Gasteiger partial charge >= 0.3 is 6.09 Å². The Morgan fingerprint density at radius 3 is 2.63 bits per heavy atom. The van der Waals surface area contributed by atoms with E-state index in [9.17, 15) is 13.6 Å². The van der Waals surface area contributed by atoms with Crippen LogP contribution in [0.25, 0.3) is 10.9 Å². The van der Waals surface area contributed by atoms with Crippen molar-refractivity contribution in [3.8, 4) is 0 Å². The summed E-state index contributed by atoms with van der Waals surface area (Å²) < 4.78 is 32.3. The van der Waals surface area contributed by atoms with E-state index in [1.807, 2.05) is 0 Å². The first-order chi connectivity index (χ1) is 14.3. The van der Waals surface area contributed by atoms with Crippen LogP contribution < -0.4 is 11.3 Å². The number of amides is 1. The number of nitrogens with one attached hydrogen (secondary N) is 2. The molecule has 0 spiro atoms. The second kappa shape index (κ2) is 9.76. The number of rotatable bonds is 2. The van der Waals surface area contributed by atoms with Crippen LogP contribution >= 0.6 is 31.9 Å². The van der Waals surface area contributed by atoms with Gasteiger partial charge in [0.2, 0.25) is 0 Å². The minimum absolute atomic E-state index is 0.286. The molecule has 0 saturated carbocycles. The fourth-order valence-electron chi connectivity index (χ4n) is 3.22. The number of H-pyrrole nitrogens is 1. The fraction of sp³-hybridized carbons (Fsp3) is 0.250. The van der Waals surface area contributed by atoms with Crippen LogP contribution in [0.15, 0.2) is 39.3 Å². The number of carbonyl (C=O) groups is 1. The molecule has 6 nitrogen and oxygen atoms in total. The quantitative estimate of drug-likeness (QED) is 0.295. The van der Waals surface area contributed by atoms with E-state index in [1.165, 1.54) is 24.3 Å². The number of aromatic nitrogens is 1. The average molecular weight is 546 g/mol. The SMILES string of the molecule is CCOC(=O)N1CCc2[nH]c3c(Br)cc(F)cc3c2C1.NNc1ccc(F)cc1Br. The fourth-order valence-corrected chi connectivity index (χ4v) is 4.21. The number of aromatic amines is 1. The highest BCUT2D eigenvalue weighted by atomic mass is 79.9. The minimum atomic E-state index is -0.317. The molecule has 160 valence electrons. The molecule has 10 heteroatoms. The average Bonchev–Trinajstić information content (AvgIpc) is 3.07. The number of nitrogen functional groups attached to an aromatic ring is 1. The van der Waals surface area contributed by atoms with Gasteiger partial charge in [0.25, 0.3) is 0 Å². The number of hydrogen-bond acceptors (Lipinski definition) is 4. The molecular weight excluding hydrogens is 526 g/mol. The standard InChI is InChI=1S/C14H14BrFN2O2.C6H6BrFN2/c1-2-20-14(19)18-4-3-12-10(7-18)9-5-8(16)6-11(15)13(9)17-12;7-5-3-4(8)1-2-6(5)10-9/h5-6,17H,2-4,7H2,1H3;1-3,10H,9H2. The van der Waals surface area contributed by atoms with Crippen LogP contribution in [0.2, 0.25) is 0 Å². The molecule has 0 unspecified atom stereocenters. The summed E-state index contributed by atoms with van der Waals surface area (Å²) in [6.45, 7) is 3.20. The normalized spacial score (nSPS) is 12.8. The Morgan fingerprint density at radius 1 is 1.23 bits per heavy atom. The van der Waals surface area contributed by atoms with E-state index in [2.05, 4.69) is 42.3 Å². The van der Waals surface area contributed by atoms with E-state index in [0.717, 1.165) is 28.6 Å². The summed E-state index contributed by atoms with van der Waals surface area (Å²) in [5.41, 5.74) is 5.99. The van der Waals surface area contributed by atoms with Crippen molar-refractivity contribution in [1.29, 1.82) is 0 Å². The number of nitrogens with zero attached hydrogens (tertiary/aromatic N) is 1. The third kappa shape index (κ3) is 4.93. The highest BCUT2D eigenvalue weighted by Gasteiger charge is 2.25. The van der Waals surface area contributed by atoms with Crippen LogP contribution in [-0.2, 0) is 17.7 Å². The molecule has 0 saturated heterocycles. The number of halogens is 4. The first kappa shape index (κ1) is 22.5. The Labute approximate surface area is 189 Å². The van der Waals surface area contributed by atoms with Gasteiger partial charge in [-0.2, -0.15) is 0 Å². The van der Waals surface area contributed by atoms with Crippen LogP contribution in [0.3, 0.4) is 0 Å². The lowest BCUT2D eigenvalue weighted by atomic mass is 10.0. The molecule has 0 atom stereocenters. The zero-order chi connectivity index (χ0) is 21.8. The minimum Gasteiger partial charge on any atom is -0.450 e. The lowest BCUT2D eigenvalue weighted by molar-refractivity contribution is 0.103. The lowest BCUT2D eigenvalue weighted by Gasteiger charge is -2.26. The summed E-state index contributed by atoms with van der Waals surface area (Å²) in [5, 5.41) is 0.820. The largest absolute Gasteiger partial charge is 0.450 e. The van der Waals surface area contributed by atoms with Gasteiger partial charge in [0.15, 0.2) is 0 Å². The maximum absolute atomic E-state index is 13.6. The predicted molar refractivity (Wildman–Crippen MR) is 119 cm³/mol. The number of carbonyl (C=O) groups excluding carboxylic acids is 1. The van der Waals surface area contributed by atoms with Crippen LogP contribution in [0.1, 0.15) is 18.2 Å². The third-order valence-corrected chi connectivity index (χ3v) is 5.90. The zero-order valence-electron chi connectivity index (χ0n) is 16.1. The molecule has 1 aromatic heterocycles. The van der Waals surface area contributed by atoms with Gasteiger partial charge in [-0.15, -0.1) is 0 Å². The molecule has 1 amide bonds. The number of anilines is 1. The maximum Gasteiger partial charge on any atom is 0.410 e. The molecule has 3 aromatic rings. The number of nitrogens with two attached hydrogens (primary N) is 1. The third-order valence-electron chi connectivity index (χ3n) is 4.61. The number of hydrogen-bond donors (Lipinski definition) is 3. The summed E-state index contributed by atoms with van der Waals surface area (Å²) in [7, 11) is 0. The molecule has 0 bridgehead atoms. The molecule has 0 radical (unpaired) electrons. The summed E-state index contributed by atoms with van der Waals surface area (Å²) in [4.78, 5) is 16.8. The summed E-state index contributed by atoms with van der Waals surface area (Å²) in [5.74, 6) is 4.52. The highest BCUT2D eigenvalue weighted by Crippen LogP contribution is 2.33. The number of benzene rings is 2. The van der Waals surface area contributed by atoms with E-state index in [1.54, 1.807) is 17.9 Å². The van der Waals surface area contributed by atoms with E-state index in [4.69, 9.17) is 10.6 Å². The van der Waals surface area contributed by atoms with Crippen LogP contribution in [0, 0.1) is 11.6 Å². The number of fused-ring (bicyclic) bond motifs is 3. The van der Waals surface area contributed by atoms with Crippen molar-refractivity contribution >= 4 is 54.5 Å². The second-order valence-electron chi connectivity index (χ2n) is 6.53. The summed E-state index contributed by atoms with van der Waals surface area (Å²) in [6, 6.07) is 7.17. The molecule has 4 rings (SSSR count). The number of ether oxygens (including phenoxy) is 1. The Bertz CT molecular complexity index is 1070. The van der Waals surface area contributed by atoms with Crippen molar-refractivity contribution in [1.82, 2.24) is 9.88 Å². The van der Waals surface area contributed by atoms with Crippen molar-refractivity contribution < 1.29 is 18.3 Å². The smallest absolute Gasteiger partial charge is 0.410 e. The van der Waals surface area contributed by atoms with Gasteiger partial charge < -0.3 is 20.0 Å². The van der Waals surface area contributed by atoms with Crippen LogP contribution in [0.4, 0.5) is 19.3 Å². The molecule has 2 heterocycles. The Hall–Kier alpha value is -2.17. The Kier molecular flexibility index (Phi) is 7.32. The number of hydrazine groups is 1. The maximum atomic E-state index is 13.6. The monoisotopic (exact) mass is 544 g/mol. The van der Waals surface area contributed by atoms with Gasteiger partial charge in [0.1, 0.15) is 11.6 Å². The van der Waals surface area contributed by atoms with Gasteiger partial charge in [-0.25, -0.2) is 13.6 Å². The molecule has 0 fully saturated rings. The first-order valence-corrected chi connectivity index (χ1v) is 10.7. The lowest BCUT2D eigenvalue weighted by Crippen LogP contribution is -2.36. The molecule has 30 heavy (non-hydrogen) atoms. The predicted octanol–water partition coefficient (Wildman–Crippen LogP) is 5.46. The van der Waals surface area contributed by atoms with E-state index < -0.39 is 0 Å². The molecule has 1 aliphatic heterocycles. The summed E-state index contributed by atoms with van der Waals surface area (Å²) >= 11 is 6.49.